The molecule has 9 heteroatoms. The van der Waals surface area contributed by atoms with Crippen LogP contribution < -0.4 is 0 Å². The summed E-state index contributed by atoms with van der Waals surface area (Å²) in [5.74, 6) is 2.52. The first-order valence-electron chi connectivity index (χ1n) is 13.5. The van der Waals surface area contributed by atoms with Crippen molar-refractivity contribution in [3.8, 4) is 22.5 Å². The van der Waals surface area contributed by atoms with Crippen LogP contribution in [-0.2, 0) is 17.8 Å². The second-order valence-electron chi connectivity index (χ2n) is 10.9. The highest BCUT2D eigenvalue weighted by molar-refractivity contribution is 5.80. The van der Waals surface area contributed by atoms with Crippen LogP contribution in [-0.4, -0.2) is 46.5 Å². The molecule has 2 N–H and O–H groups in total. The van der Waals surface area contributed by atoms with Crippen LogP contribution in [0.3, 0.4) is 0 Å². The Bertz CT molecular complexity index is 1350. The smallest absolute Gasteiger partial charge is 0.306 e. The largest absolute Gasteiger partial charge is 0.481 e. The zero-order valence-electron chi connectivity index (χ0n) is 22.2. The van der Waals surface area contributed by atoms with Gasteiger partial charge < -0.3 is 5.11 Å². The molecule has 0 saturated heterocycles. The SMILES string of the molecule is CC(C)Cc1nc(C2CCC(C(C)C(=O)O)CC2)n(Cc2ccc(-c3ccccc3-c3nn[nH]n3)cc2)n1. The Morgan fingerprint density at radius 3 is 2.37 bits per heavy atom. The maximum atomic E-state index is 11.5. The van der Waals surface area contributed by atoms with E-state index in [9.17, 15) is 9.90 Å². The zero-order chi connectivity index (χ0) is 26.6. The van der Waals surface area contributed by atoms with Crippen molar-refractivity contribution in [3.05, 3.63) is 65.7 Å². The number of carbonyl (C=O) groups is 1. The van der Waals surface area contributed by atoms with Gasteiger partial charge in [-0.3, -0.25) is 4.79 Å². The van der Waals surface area contributed by atoms with Crippen LogP contribution >= 0.6 is 0 Å². The molecule has 1 atom stereocenters. The fourth-order valence-corrected chi connectivity index (χ4v) is 5.52. The van der Waals surface area contributed by atoms with Crippen molar-refractivity contribution in [1.82, 2.24) is 35.4 Å². The fourth-order valence-electron chi connectivity index (χ4n) is 5.52. The summed E-state index contributed by atoms with van der Waals surface area (Å²) in [5, 5.41) is 28.9. The van der Waals surface area contributed by atoms with Gasteiger partial charge in [-0.25, -0.2) is 9.67 Å². The Morgan fingerprint density at radius 2 is 1.74 bits per heavy atom. The first kappa shape index (κ1) is 25.8. The molecular formula is C29H35N7O2. The molecule has 0 aliphatic heterocycles. The molecule has 9 nitrogen and oxygen atoms in total. The monoisotopic (exact) mass is 513 g/mol. The normalized spacial score (nSPS) is 18.5. The molecule has 2 aromatic carbocycles. The van der Waals surface area contributed by atoms with Crippen molar-refractivity contribution in [2.75, 3.05) is 0 Å². The van der Waals surface area contributed by atoms with Crippen LogP contribution in [0.5, 0.6) is 0 Å². The number of benzene rings is 2. The molecule has 4 aromatic rings. The number of H-pyrrole nitrogens is 1. The maximum Gasteiger partial charge on any atom is 0.306 e. The Morgan fingerprint density at radius 1 is 1.03 bits per heavy atom. The minimum absolute atomic E-state index is 0.234. The van der Waals surface area contributed by atoms with Crippen LogP contribution in [0.15, 0.2) is 48.5 Å². The summed E-state index contributed by atoms with van der Waals surface area (Å²) in [4.78, 5) is 16.5. The van der Waals surface area contributed by atoms with Crippen LogP contribution in [0.25, 0.3) is 22.5 Å². The molecule has 0 bridgehead atoms. The molecule has 2 heterocycles. The van der Waals surface area contributed by atoms with E-state index in [1.807, 2.05) is 25.1 Å². The topological polar surface area (TPSA) is 122 Å². The molecule has 1 unspecified atom stereocenters. The molecule has 198 valence electrons. The predicted molar refractivity (Wildman–Crippen MR) is 144 cm³/mol. The number of tetrazole rings is 1. The van der Waals surface area contributed by atoms with Gasteiger partial charge in [0.2, 0.25) is 5.82 Å². The van der Waals surface area contributed by atoms with Gasteiger partial charge in [-0.1, -0.05) is 69.3 Å². The number of hydrogen-bond acceptors (Lipinski definition) is 6. The van der Waals surface area contributed by atoms with Crippen molar-refractivity contribution >= 4 is 5.97 Å². The molecule has 1 fully saturated rings. The molecule has 0 amide bonds. The van der Waals surface area contributed by atoms with Gasteiger partial charge >= 0.3 is 5.97 Å². The van der Waals surface area contributed by atoms with Crippen molar-refractivity contribution in [1.29, 1.82) is 0 Å². The minimum Gasteiger partial charge on any atom is -0.481 e. The van der Waals surface area contributed by atoms with E-state index >= 15 is 0 Å². The number of aliphatic carboxylic acids is 1. The number of aromatic amines is 1. The summed E-state index contributed by atoms with van der Waals surface area (Å²) >= 11 is 0. The lowest BCUT2D eigenvalue weighted by atomic mass is 9.76. The van der Waals surface area contributed by atoms with Crippen LogP contribution in [0.4, 0.5) is 0 Å². The third kappa shape index (κ3) is 5.66. The maximum absolute atomic E-state index is 11.5. The van der Waals surface area contributed by atoms with Crippen LogP contribution in [0.2, 0.25) is 0 Å². The summed E-state index contributed by atoms with van der Waals surface area (Å²) in [5.41, 5.74) is 4.22. The average molecular weight is 514 g/mol. The first-order chi connectivity index (χ1) is 18.4. The van der Waals surface area contributed by atoms with Crippen molar-refractivity contribution < 1.29 is 9.90 Å². The molecule has 1 saturated carbocycles. The number of aromatic nitrogens is 7. The van der Waals surface area contributed by atoms with Crippen LogP contribution in [0.1, 0.15) is 69.6 Å². The van der Waals surface area contributed by atoms with Gasteiger partial charge in [-0.15, -0.1) is 10.2 Å². The highest BCUT2D eigenvalue weighted by atomic mass is 16.4. The van der Waals surface area contributed by atoms with E-state index in [1.165, 1.54) is 0 Å². The molecule has 0 radical (unpaired) electrons. The van der Waals surface area contributed by atoms with Gasteiger partial charge in [0, 0.05) is 17.9 Å². The van der Waals surface area contributed by atoms with Gasteiger partial charge in [0.05, 0.1) is 12.5 Å². The van der Waals surface area contributed by atoms with E-state index < -0.39 is 5.97 Å². The van der Waals surface area contributed by atoms with Crippen LogP contribution in [0, 0.1) is 17.8 Å². The summed E-state index contributed by atoms with van der Waals surface area (Å²) in [6, 6.07) is 16.6. The summed E-state index contributed by atoms with van der Waals surface area (Å²) in [7, 11) is 0. The fraction of sp³-hybridized carbons (Fsp3) is 0.448. The Hall–Kier alpha value is -3.88. The summed E-state index contributed by atoms with van der Waals surface area (Å²) < 4.78 is 2.07. The van der Waals surface area contributed by atoms with Gasteiger partial charge in [0.25, 0.3) is 0 Å². The van der Waals surface area contributed by atoms with Crippen molar-refractivity contribution in [3.63, 3.8) is 0 Å². The second kappa shape index (κ2) is 11.2. The molecule has 1 aliphatic rings. The quantitative estimate of drug-likeness (QED) is 0.309. The molecule has 1 aliphatic carbocycles. The Balaban J connectivity index is 1.36. The number of carboxylic acid groups (broad SMARTS) is 1. The third-order valence-corrected chi connectivity index (χ3v) is 7.68. The van der Waals surface area contributed by atoms with E-state index in [-0.39, 0.29) is 11.8 Å². The predicted octanol–water partition coefficient (Wildman–Crippen LogP) is 5.37. The number of carboxylic acids is 1. The molecular weight excluding hydrogens is 478 g/mol. The molecule has 0 spiro atoms. The number of rotatable bonds is 9. The van der Waals surface area contributed by atoms with Gasteiger partial charge in [-0.2, -0.15) is 10.3 Å². The molecule has 2 aromatic heterocycles. The first-order valence-corrected chi connectivity index (χ1v) is 13.5. The molecule has 38 heavy (non-hydrogen) atoms. The summed E-state index contributed by atoms with van der Waals surface area (Å²) in [6.45, 7) is 6.85. The zero-order valence-corrected chi connectivity index (χ0v) is 22.2. The van der Waals surface area contributed by atoms with Crippen molar-refractivity contribution in [2.45, 2.75) is 65.3 Å². The van der Waals surface area contributed by atoms with Gasteiger partial charge in [-0.05, 0) is 59.4 Å². The second-order valence-corrected chi connectivity index (χ2v) is 10.9. The standard InChI is InChI=1S/C29H35N7O2/c1-18(2)16-26-30-28(23-14-12-21(13-15-23)19(3)29(37)38)36(33-26)17-20-8-10-22(11-9-20)24-6-4-5-7-25(24)27-31-34-35-32-27/h4-11,18-19,21,23H,12-17H2,1-3H3,(H,37,38)(H,31,32,34,35). The third-order valence-electron chi connectivity index (χ3n) is 7.68. The minimum atomic E-state index is -0.695. The number of hydrogen-bond donors (Lipinski definition) is 2. The highest BCUT2D eigenvalue weighted by Gasteiger charge is 2.31. The van der Waals surface area contributed by atoms with E-state index in [4.69, 9.17) is 10.1 Å². The van der Waals surface area contributed by atoms with Crippen molar-refractivity contribution in [2.24, 2.45) is 17.8 Å². The Labute approximate surface area is 222 Å². The lowest BCUT2D eigenvalue weighted by molar-refractivity contribution is -0.143. The van der Waals surface area contributed by atoms with E-state index in [2.05, 4.69) is 69.5 Å². The van der Waals surface area contributed by atoms with Gasteiger partial charge in [0.1, 0.15) is 5.82 Å². The van der Waals surface area contributed by atoms with E-state index in [0.717, 1.165) is 66.0 Å². The number of nitrogens with one attached hydrogen (secondary N) is 1. The van der Waals surface area contributed by atoms with E-state index in [1.54, 1.807) is 0 Å². The number of nitrogens with zero attached hydrogens (tertiary/aromatic N) is 6. The lowest BCUT2D eigenvalue weighted by Crippen LogP contribution is -2.26. The van der Waals surface area contributed by atoms with E-state index in [0.29, 0.717) is 24.2 Å². The highest BCUT2D eigenvalue weighted by Crippen LogP contribution is 2.38. The molecule has 5 rings (SSSR count). The van der Waals surface area contributed by atoms with Gasteiger partial charge in [0.15, 0.2) is 5.82 Å². The average Bonchev–Trinajstić information content (AvgIpc) is 3.59. The summed E-state index contributed by atoms with van der Waals surface area (Å²) in [6.07, 6.45) is 4.58. The lowest BCUT2D eigenvalue weighted by Gasteiger charge is -2.30. The Kier molecular flexibility index (Phi) is 7.62.